The summed E-state index contributed by atoms with van der Waals surface area (Å²) in [4.78, 5) is 35.5. The van der Waals surface area contributed by atoms with Crippen molar-refractivity contribution in [2.75, 3.05) is 18.0 Å². The molecular formula is C23H22N4O3. The summed E-state index contributed by atoms with van der Waals surface area (Å²) in [7, 11) is 0. The number of amides is 2. The van der Waals surface area contributed by atoms with Crippen LogP contribution in [0, 0.1) is 0 Å². The number of rotatable bonds is 3. The van der Waals surface area contributed by atoms with Crippen molar-refractivity contribution in [3.05, 3.63) is 60.4 Å². The van der Waals surface area contributed by atoms with Crippen molar-refractivity contribution in [3.8, 4) is 22.5 Å². The van der Waals surface area contributed by atoms with Crippen LogP contribution < -0.4 is 4.90 Å². The Hall–Kier alpha value is -3.61. The Kier molecular flexibility index (Phi) is 4.50. The number of carbonyl (C=O) groups excluding carboxylic acids is 1. The van der Waals surface area contributed by atoms with E-state index in [9.17, 15) is 14.7 Å². The van der Waals surface area contributed by atoms with Crippen molar-refractivity contribution in [3.63, 3.8) is 0 Å². The number of anilines is 1. The van der Waals surface area contributed by atoms with Gasteiger partial charge in [0.1, 0.15) is 11.9 Å². The topological polar surface area (TPSA) is 89.5 Å². The lowest BCUT2D eigenvalue weighted by atomic mass is 9.95. The fraction of sp³-hybridized carbons (Fsp3) is 0.261. The number of aromatic nitrogens is 2. The molecule has 152 valence electrons. The lowest BCUT2D eigenvalue weighted by Gasteiger charge is -2.26. The number of hydrogen-bond donors (Lipinski definition) is 2. The van der Waals surface area contributed by atoms with Crippen molar-refractivity contribution in [1.29, 1.82) is 0 Å². The van der Waals surface area contributed by atoms with Gasteiger partial charge in [0.2, 0.25) is 5.91 Å². The zero-order valence-corrected chi connectivity index (χ0v) is 16.4. The first-order valence-electron chi connectivity index (χ1n) is 10.2. The predicted octanol–water partition coefficient (Wildman–Crippen LogP) is 3.78. The number of carbonyl (C=O) groups is 2. The molecule has 7 nitrogen and oxygen atoms in total. The molecule has 2 aliphatic heterocycles. The molecule has 0 bridgehead atoms. The summed E-state index contributed by atoms with van der Waals surface area (Å²) in [5.74, 6) is 0.603. The lowest BCUT2D eigenvalue weighted by molar-refractivity contribution is -0.122. The number of fused-ring (bicyclic) bond motifs is 1. The molecule has 2 N–H and O–H groups in total. The highest BCUT2D eigenvalue weighted by Crippen LogP contribution is 2.40. The molecule has 30 heavy (non-hydrogen) atoms. The van der Waals surface area contributed by atoms with Crippen LogP contribution in [0.5, 0.6) is 0 Å². The molecule has 1 saturated heterocycles. The summed E-state index contributed by atoms with van der Waals surface area (Å²) in [5.41, 5.74) is 5.04. The van der Waals surface area contributed by atoms with Gasteiger partial charge >= 0.3 is 6.09 Å². The van der Waals surface area contributed by atoms with Crippen molar-refractivity contribution < 1.29 is 14.7 Å². The quantitative estimate of drug-likeness (QED) is 0.698. The Morgan fingerprint density at radius 1 is 1.10 bits per heavy atom. The molecule has 3 heterocycles. The third kappa shape index (κ3) is 3.03. The molecule has 1 atom stereocenters. The average Bonchev–Trinajstić information content (AvgIpc) is 3.53. The van der Waals surface area contributed by atoms with E-state index in [-0.39, 0.29) is 5.91 Å². The number of carboxylic acid groups (broad SMARTS) is 1. The zero-order valence-electron chi connectivity index (χ0n) is 16.4. The number of nitrogens with one attached hydrogen (secondary N) is 1. The number of nitrogens with zero attached hydrogens (tertiary/aromatic N) is 3. The summed E-state index contributed by atoms with van der Waals surface area (Å²) in [6.07, 6.45) is 4.47. The molecule has 7 heteroatoms. The first-order valence-corrected chi connectivity index (χ1v) is 10.2. The van der Waals surface area contributed by atoms with E-state index in [4.69, 9.17) is 0 Å². The number of hydrogen-bond acceptors (Lipinski definition) is 3. The van der Waals surface area contributed by atoms with Crippen molar-refractivity contribution in [2.45, 2.75) is 25.3 Å². The summed E-state index contributed by atoms with van der Waals surface area (Å²) < 4.78 is 0. The van der Waals surface area contributed by atoms with Gasteiger partial charge in [-0.15, -0.1) is 0 Å². The van der Waals surface area contributed by atoms with E-state index in [1.807, 2.05) is 24.3 Å². The SMILES string of the molecule is O=C(C1CCCN1C(=O)O)N1CCc2c(-c3ccccc3)cc(-c3ncc[nH]3)cc21. The molecular weight excluding hydrogens is 380 g/mol. The normalized spacial score (nSPS) is 17.9. The molecule has 1 aromatic heterocycles. The molecule has 3 aromatic rings. The van der Waals surface area contributed by atoms with Gasteiger partial charge in [0, 0.05) is 36.7 Å². The van der Waals surface area contributed by atoms with Gasteiger partial charge in [-0.3, -0.25) is 9.69 Å². The van der Waals surface area contributed by atoms with Gasteiger partial charge in [-0.1, -0.05) is 30.3 Å². The maximum absolute atomic E-state index is 13.4. The van der Waals surface area contributed by atoms with Gasteiger partial charge in [0.15, 0.2) is 0 Å². The summed E-state index contributed by atoms with van der Waals surface area (Å²) in [5, 5.41) is 9.48. The molecule has 1 unspecified atom stereocenters. The summed E-state index contributed by atoms with van der Waals surface area (Å²) in [6, 6.07) is 13.6. The van der Waals surface area contributed by atoms with Gasteiger partial charge in [0.25, 0.3) is 0 Å². The minimum absolute atomic E-state index is 0.135. The van der Waals surface area contributed by atoms with Gasteiger partial charge in [-0.05, 0) is 48.1 Å². The molecule has 0 spiro atoms. The molecule has 0 radical (unpaired) electrons. The fourth-order valence-electron chi connectivity index (χ4n) is 4.60. The molecule has 1 fully saturated rings. The van der Waals surface area contributed by atoms with Crippen LogP contribution in [0.25, 0.3) is 22.5 Å². The summed E-state index contributed by atoms with van der Waals surface area (Å²) >= 11 is 0. The number of imidazole rings is 1. The highest BCUT2D eigenvalue weighted by atomic mass is 16.4. The standard InChI is InChI=1S/C23H22N4O3/c28-22(19-7-4-11-27(19)23(29)30)26-12-8-17-18(15-5-2-1-3-6-15)13-16(14-20(17)26)21-24-9-10-25-21/h1-3,5-6,9-10,13-14,19H,4,7-8,11-12H2,(H,24,25)(H,29,30). The van der Waals surface area contributed by atoms with E-state index in [0.717, 1.165) is 40.2 Å². The second-order valence-corrected chi connectivity index (χ2v) is 7.70. The van der Waals surface area contributed by atoms with Crippen molar-refractivity contribution in [2.24, 2.45) is 0 Å². The monoisotopic (exact) mass is 402 g/mol. The average molecular weight is 402 g/mol. The van der Waals surface area contributed by atoms with Crippen LogP contribution in [0.2, 0.25) is 0 Å². The molecule has 2 aromatic carbocycles. The minimum Gasteiger partial charge on any atom is -0.465 e. The van der Waals surface area contributed by atoms with E-state index in [0.29, 0.717) is 25.9 Å². The minimum atomic E-state index is -1.03. The largest absolute Gasteiger partial charge is 0.465 e. The van der Waals surface area contributed by atoms with Crippen LogP contribution in [-0.4, -0.2) is 51.1 Å². The van der Waals surface area contributed by atoms with Crippen LogP contribution in [-0.2, 0) is 11.2 Å². The van der Waals surface area contributed by atoms with E-state index in [1.165, 1.54) is 4.90 Å². The van der Waals surface area contributed by atoms with Crippen LogP contribution >= 0.6 is 0 Å². The van der Waals surface area contributed by atoms with Crippen molar-refractivity contribution >= 4 is 17.7 Å². The number of H-pyrrole nitrogens is 1. The maximum Gasteiger partial charge on any atom is 0.407 e. The maximum atomic E-state index is 13.4. The van der Waals surface area contributed by atoms with Gasteiger partial charge in [0.05, 0.1) is 0 Å². The third-order valence-electron chi connectivity index (χ3n) is 6.01. The Labute approximate surface area is 174 Å². The first-order chi connectivity index (χ1) is 14.6. The van der Waals surface area contributed by atoms with E-state index in [2.05, 4.69) is 28.2 Å². The first kappa shape index (κ1) is 18.4. The fourth-order valence-corrected chi connectivity index (χ4v) is 4.60. The number of aromatic amines is 1. The second kappa shape index (κ2) is 7.33. The van der Waals surface area contributed by atoms with Crippen LogP contribution in [0.3, 0.4) is 0 Å². The lowest BCUT2D eigenvalue weighted by Crippen LogP contribution is -2.47. The van der Waals surface area contributed by atoms with E-state index in [1.54, 1.807) is 17.3 Å². The van der Waals surface area contributed by atoms with Crippen LogP contribution in [0.4, 0.5) is 10.5 Å². The predicted molar refractivity (Wildman–Crippen MR) is 113 cm³/mol. The van der Waals surface area contributed by atoms with Crippen LogP contribution in [0.15, 0.2) is 54.9 Å². The molecule has 0 saturated carbocycles. The Balaban J connectivity index is 1.60. The molecule has 2 aliphatic rings. The zero-order chi connectivity index (χ0) is 20.7. The second-order valence-electron chi connectivity index (χ2n) is 7.70. The Morgan fingerprint density at radius 3 is 2.67 bits per heavy atom. The summed E-state index contributed by atoms with van der Waals surface area (Å²) in [6.45, 7) is 0.966. The Bertz CT molecular complexity index is 1100. The number of benzene rings is 2. The van der Waals surface area contributed by atoms with E-state index < -0.39 is 12.1 Å². The van der Waals surface area contributed by atoms with E-state index >= 15 is 0 Å². The third-order valence-corrected chi connectivity index (χ3v) is 6.01. The van der Waals surface area contributed by atoms with Gasteiger partial charge < -0.3 is 15.0 Å². The van der Waals surface area contributed by atoms with Gasteiger partial charge in [-0.25, -0.2) is 9.78 Å². The molecule has 2 amide bonds. The van der Waals surface area contributed by atoms with Gasteiger partial charge in [-0.2, -0.15) is 0 Å². The Morgan fingerprint density at radius 2 is 1.93 bits per heavy atom. The molecule has 0 aliphatic carbocycles. The smallest absolute Gasteiger partial charge is 0.407 e. The van der Waals surface area contributed by atoms with Crippen molar-refractivity contribution in [1.82, 2.24) is 14.9 Å². The molecule has 5 rings (SSSR count). The van der Waals surface area contributed by atoms with Crippen LogP contribution in [0.1, 0.15) is 18.4 Å². The highest BCUT2D eigenvalue weighted by Gasteiger charge is 2.39. The number of likely N-dealkylation sites (tertiary alicyclic amines) is 1. The highest BCUT2D eigenvalue weighted by molar-refractivity contribution is 6.02.